The third-order valence-electron chi connectivity index (χ3n) is 7.22. The number of ether oxygens (including phenoxy) is 2. The average molecular weight is 507 g/mol. The first kappa shape index (κ1) is 26.7. The molecule has 2 aromatic carbocycles. The van der Waals surface area contributed by atoms with Crippen molar-refractivity contribution in [2.45, 2.75) is 52.5 Å². The Morgan fingerprint density at radius 2 is 1.65 bits per heavy atom. The molecule has 0 saturated carbocycles. The topological polar surface area (TPSA) is 79.3 Å². The molecule has 0 unspecified atom stereocenters. The van der Waals surface area contributed by atoms with E-state index in [9.17, 15) is 14.7 Å². The molecule has 0 radical (unpaired) electrons. The van der Waals surface area contributed by atoms with Gasteiger partial charge in [-0.2, -0.15) is 0 Å². The van der Waals surface area contributed by atoms with Crippen LogP contribution in [0.1, 0.15) is 63.8 Å². The van der Waals surface area contributed by atoms with Crippen LogP contribution in [0.25, 0.3) is 5.76 Å². The SMILES string of the molecule is CCN(CC)CCCN1C(=O)C(=O)C(=C(O)c2ccc3c(c2)OCCO3)[C@H]1c1ccc(C(C)(C)C)cc1. The van der Waals surface area contributed by atoms with E-state index in [2.05, 4.69) is 39.5 Å². The molecule has 0 bridgehead atoms. The van der Waals surface area contributed by atoms with E-state index in [1.807, 2.05) is 24.3 Å². The van der Waals surface area contributed by atoms with Crippen LogP contribution in [-0.2, 0) is 15.0 Å². The van der Waals surface area contributed by atoms with Crippen LogP contribution in [0.4, 0.5) is 0 Å². The highest BCUT2D eigenvalue weighted by atomic mass is 16.6. The Hall–Kier alpha value is -3.32. The standard InChI is InChI=1S/C30H38N2O5/c1-6-31(7-2)15-8-16-32-26(20-9-12-22(13-10-20)30(3,4)5)25(28(34)29(32)35)27(33)21-11-14-23-24(19-21)37-18-17-36-23/h9-14,19,26,33H,6-8,15-18H2,1-5H3/t26-/m1/s1. The van der Waals surface area contributed by atoms with Crippen molar-refractivity contribution >= 4 is 17.4 Å². The largest absolute Gasteiger partial charge is 0.507 e. The highest BCUT2D eigenvalue weighted by Gasteiger charge is 2.46. The molecular weight excluding hydrogens is 468 g/mol. The number of amides is 1. The van der Waals surface area contributed by atoms with Crippen LogP contribution in [0, 0.1) is 0 Å². The summed E-state index contributed by atoms with van der Waals surface area (Å²) in [5, 5.41) is 11.4. The Bertz CT molecular complexity index is 1180. The van der Waals surface area contributed by atoms with E-state index in [0.717, 1.165) is 37.2 Å². The molecule has 0 aliphatic carbocycles. The zero-order valence-electron chi connectivity index (χ0n) is 22.5. The molecule has 4 rings (SSSR count). The summed E-state index contributed by atoms with van der Waals surface area (Å²) < 4.78 is 11.3. The van der Waals surface area contributed by atoms with Crippen molar-refractivity contribution in [2.24, 2.45) is 0 Å². The second-order valence-corrected chi connectivity index (χ2v) is 10.6. The predicted molar refractivity (Wildman–Crippen MR) is 144 cm³/mol. The molecule has 7 nitrogen and oxygen atoms in total. The maximum atomic E-state index is 13.4. The fourth-order valence-corrected chi connectivity index (χ4v) is 4.97. The molecule has 2 aromatic rings. The number of rotatable bonds is 8. The molecule has 37 heavy (non-hydrogen) atoms. The van der Waals surface area contributed by atoms with Gasteiger partial charge >= 0.3 is 0 Å². The zero-order chi connectivity index (χ0) is 26.7. The number of likely N-dealkylation sites (tertiary alicyclic amines) is 1. The lowest BCUT2D eigenvalue weighted by Crippen LogP contribution is -2.33. The van der Waals surface area contributed by atoms with Crippen LogP contribution in [0.2, 0.25) is 0 Å². The number of nitrogens with zero attached hydrogens (tertiary/aromatic N) is 2. The van der Waals surface area contributed by atoms with Crippen LogP contribution < -0.4 is 9.47 Å². The lowest BCUT2D eigenvalue weighted by Gasteiger charge is -2.27. The summed E-state index contributed by atoms with van der Waals surface area (Å²) in [5.74, 6) is -0.348. The summed E-state index contributed by atoms with van der Waals surface area (Å²) in [5.41, 5.74) is 2.44. The quantitative estimate of drug-likeness (QED) is 0.311. The molecule has 1 atom stereocenters. The fraction of sp³-hybridized carbons (Fsp3) is 0.467. The molecule has 1 saturated heterocycles. The highest BCUT2D eigenvalue weighted by Crippen LogP contribution is 2.41. The molecule has 0 aromatic heterocycles. The molecule has 2 aliphatic rings. The van der Waals surface area contributed by atoms with Crippen molar-refractivity contribution in [2.75, 3.05) is 39.4 Å². The van der Waals surface area contributed by atoms with Gasteiger partial charge in [-0.05, 0) is 60.8 Å². The fourth-order valence-electron chi connectivity index (χ4n) is 4.97. The molecule has 2 heterocycles. The molecular formula is C30H38N2O5. The number of hydrogen-bond acceptors (Lipinski definition) is 6. The summed E-state index contributed by atoms with van der Waals surface area (Å²) in [6.45, 7) is 14.6. The number of carbonyl (C=O) groups excluding carboxylic acids is 2. The Morgan fingerprint density at radius 1 is 1.00 bits per heavy atom. The summed E-state index contributed by atoms with van der Waals surface area (Å²) in [6, 6.07) is 12.4. The molecule has 7 heteroatoms. The number of aliphatic hydroxyl groups is 1. The van der Waals surface area contributed by atoms with E-state index in [1.54, 1.807) is 23.1 Å². The number of carbonyl (C=O) groups is 2. The van der Waals surface area contributed by atoms with Gasteiger partial charge in [-0.25, -0.2) is 0 Å². The Morgan fingerprint density at radius 3 is 2.27 bits per heavy atom. The van der Waals surface area contributed by atoms with Crippen molar-refractivity contribution < 1.29 is 24.2 Å². The first-order chi connectivity index (χ1) is 17.7. The Balaban J connectivity index is 1.75. The minimum absolute atomic E-state index is 0.0324. The third-order valence-corrected chi connectivity index (χ3v) is 7.22. The van der Waals surface area contributed by atoms with Gasteiger partial charge in [0.25, 0.3) is 11.7 Å². The van der Waals surface area contributed by atoms with Crippen LogP contribution in [0.5, 0.6) is 11.5 Å². The van der Waals surface area contributed by atoms with Gasteiger partial charge in [0, 0.05) is 12.1 Å². The lowest BCUT2D eigenvalue weighted by atomic mass is 9.85. The van der Waals surface area contributed by atoms with Gasteiger partial charge in [0.05, 0.1) is 11.6 Å². The minimum atomic E-state index is -0.668. The molecule has 0 spiro atoms. The monoisotopic (exact) mass is 506 g/mol. The van der Waals surface area contributed by atoms with Crippen molar-refractivity contribution in [1.29, 1.82) is 0 Å². The van der Waals surface area contributed by atoms with E-state index < -0.39 is 17.7 Å². The van der Waals surface area contributed by atoms with Crippen LogP contribution >= 0.6 is 0 Å². The smallest absolute Gasteiger partial charge is 0.295 e. The van der Waals surface area contributed by atoms with Gasteiger partial charge in [-0.15, -0.1) is 0 Å². The number of Topliss-reactive ketones (excluding diaryl/α,β-unsaturated/α-hetero) is 1. The van der Waals surface area contributed by atoms with Gasteiger partial charge in [-0.1, -0.05) is 58.9 Å². The van der Waals surface area contributed by atoms with E-state index in [1.165, 1.54) is 0 Å². The third kappa shape index (κ3) is 5.52. The molecule has 1 fully saturated rings. The minimum Gasteiger partial charge on any atom is -0.507 e. The van der Waals surface area contributed by atoms with E-state index in [4.69, 9.17) is 9.47 Å². The molecule has 2 aliphatic heterocycles. The summed E-state index contributed by atoms with van der Waals surface area (Å²) in [4.78, 5) is 30.5. The van der Waals surface area contributed by atoms with Crippen molar-refractivity contribution in [3.8, 4) is 11.5 Å². The van der Waals surface area contributed by atoms with Crippen molar-refractivity contribution in [3.05, 3.63) is 64.7 Å². The van der Waals surface area contributed by atoms with Crippen LogP contribution in [0.15, 0.2) is 48.0 Å². The second kappa shape index (κ2) is 11.0. The summed E-state index contributed by atoms with van der Waals surface area (Å²) in [7, 11) is 0. The lowest BCUT2D eigenvalue weighted by molar-refractivity contribution is -0.140. The van der Waals surface area contributed by atoms with Crippen LogP contribution in [-0.4, -0.2) is 66.0 Å². The highest BCUT2D eigenvalue weighted by molar-refractivity contribution is 6.46. The Labute approximate surface area is 219 Å². The second-order valence-electron chi connectivity index (χ2n) is 10.6. The van der Waals surface area contributed by atoms with Gasteiger partial charge < -0.3 is 24.4 Å². The van der Waals surface area contributed by atoms with Crippen LogP contribution in [0.3, 0.4) is 0 Å². The average Bonchev–Trinajstić information content (AvgIpc) is 3.15. The normalized spacial score (nSPS) is 19.1. The molecule has 1 amide bonds. The maximum Gasteiger partial charge on any atom is 0.295 e. The van der Waals surface area contributed by atoms with Gasteiger partial charge in [0.15, 0.2) is 11.5 Å². The van der Waals surface area contributed by atoms with Crippen molar-refractivity contribution in [1.82, 2.24) is 9.80 Å². The number of benzene rings is 2. The van der Waals surface area contributed by atoms with E-state index in [-0.39, 0.29) is 16.7 Å². The molecule has 1 N–H and O–H groups in total. The van der Waals surface area contributed by atoms with Gasteiger partial charge in [0.1, 0.15) is 19.0 Å². The van der Waals surface area contributed by atoms with E-state index >= 15 is 0 Å². The summed E-state index contributed by atoms with van der Waals surface area (Å²) in [6.07, 6.45) is 0.731. The first-order valence-electron chi connectivity index (χ1n) is 13.2. The van der Waals surface area contributed by atoms with Gasteiger partial charge in [-0.3, -0.25) is 9.59 Å². The first-order valence-corrected chi connectivity index (χ1v) is 13.2. The number of fused-ring (bicyclic) bond motifs is 1. The molecule has 198 valence electrons. The van der Waals surface area contributed by atoms with Crippen molar-refractivity contribution in [3.63, 3.8) is 0 Å². The van der Waals surface area contributed by atoms with Gasteiger partial charge in [0.2, 0.25) is 0 Å². The Kier molecular flexibility index (Phi) is 7.93. The van der Waals surface area contributed by atoms with E-state index in [0.29, 0.717) is 36.8 Å². The predicted octanol–water partition coefficient (Wildman–Crippen LogP) is 4.91. The number of aliphatic hydroxyl groups excluding tert-OH is 1. The summed E-state index contributed by atoms with van der Waals surface area (Å²) >= 11 is 0. The number of hydrogen-bond donors (Lipinski definition) is 1. The maximum absolute atomic E-state index is 13.4. The zero-order valence-corrected chi connectivity index (χ0v) is 22.5. The number of ketones is 1.